The van der Waals surface area contributed by atoms with E-state index < -0.39 is 72.8 Å². The average Bonchev–Trinajstić information content (AvgIpc) is 3.30. The van der Waals surface area contributed by atoms with Gasteiger partial charge in [-0.2, -0.15) is 0 Å². The summed E-state index contributed by atoms with van der Waals surface area (Å²) in [6.45, 7) is 2.82. The van der Waals surface area contributed by atoms with Crippen LogP contribution in [0.3, 0.4) is 0 Å². The zero-order valence-corrected chi connectivity index (χ0v) is 21.3. The molecule has 2 rings (SSSR count). The van der Waals surface area contributed by atoms with Crippen LogP contribution < -0.4 is 21.7 Å². The summed E-state index contributed by atoms with van der Waals surface area (Å²) in [7, 11) is 0. The molecule has 0 saturated carbocycles. The Bertz CT molecular complexity index is 1150. The predicted octanol–water partition coefficient (Wildman–Crippen LogP) is -0.520. The molecule has 38 heavy (non-hydrogen) atoms. The molecule has 208 valence electrons. The van der Waals surface area contributed by atoms with Crippen LogP contribution in [-0.4, -0.2) is 80.7 Å². The first-order valence-electron chi connectivity index (χ1n) is 12.3. The Morgan fingerprint density at radius 1 is 0.974 bits per heavy atom. The Balaban J connectivity index is 2.22. The summed E-state index contributed by atoms with van der Waals surface area (Å²) < 4.78 is 0. The van der Waals surface area contributed by atoms with Gasteiger partial charge in [0, 0.05) is 29.9 Å². The first-order chi connectivity index (χ1) is 18.0. The lowest BCUT2D eigenvalue weighted by molar-refractivity contribution is -0.143. The van der Waals surface area contributed by atoms with Gasteiger partial charge in [0.15, 0.2) is 0 Å². The molecule has 0 aliphatic rings. The number of H-pyrrole nitrogens is 1. The van der Waals surface area contributed by atoms with Crippen LogP contribution >= 0.6 is 0 Å². The molecular weight excluding hydrogens is 498 g/mol. The van der Waals surface area contributed by atoms with E-state index in [0.717, 1.165) is 10.9 Å². The molecule has 5 unspecified atom stereocenters. The molecule has 0 radical (unpaired) electrons. The number of hydrogen-bond donors (Lipinski definition) is 8. The number of benzene rings is 1. The lowest BCUT2D eigenvalue weighted by atomic mass is 9.97. The molecule has 0 fully saturated rings. The maximum absolute atomic E-state index is 13.1. The fraction of sp³-hybridized carbons (Fsp3) is 0.480. The minimum atomic E-state index is -1.39. The fourth-order valence-electron chi connectivity index (χ4n) is 3.84. The molecule has 1 aromatic heterocycles. The van der Waals surface area contributed by atoms with E-state index in [0.29, 0.717) is 12.0 Å². The third kappa shape index (κ3) is 8.28. The normalized spacial score (nSPS) is 15.1. The molecule has 5 atom stereocenters. The minimum Gasteiger partial charge on any atom is -0.481 e. The topological polar surface area (TPSA) is 224 Å². The molecule has 0 saturated heterocycles. The number of nitrogens with one attached hydrogen (secondary N) is 4. The lowest BCUT2D eigenvalue weighted by Gasteiger charge is -2.27. The molecule has 9 N–H and O–H groups in total. The molecule has 0 aliphatic carbocycles. The van der Waals surface area contributed by atoms with Crippen molar-refractivity contribution in [2.75, 3.05) is 6.61 Å². The molecule has 0 spiro atoms. The van der Waals surface area contributed by atoms with Crippen molar-refractivity contribution in [1.82, 2.24) is 20.9 Å². The number of para-hydroxylation sites is 1. The van der Waals surface area contributed by atoms with E-state index in [-0.39, 0.29) is 12.8 Å². The highest BCUT2D eigenvalue weighted by atomic mass is 16.4. The van der Waals surface area contributed by atoms with Gasteiger partial charge in [0.05, 0.1) is 6.61 Å². The van der Waals surface area contributed by atoms with Gasteiger partial charge in [0.2, 0.25) is 17.7 Å². The zero-order chi connectivity index (χ0) is 28.4. The average molecular weight is 534 g/mol. The number of carboxylic acid groups (broad SMARTS) is 2. The van der Waals surface area contributed by atoms with Crippen molar-refractivity contribution in [3.05, 3.63) is 36.0 Å². The van der Waals surface area contributed by atoms with Crippen LogP contribution in [0.4, 0.5) is 0 Å². The Labute approximate surface area is 219 Å². The Kier molecular flexibility index (Phi) is 11.2. The number of aromatic nitrogens is 1. The first kappa shape index (κ1) is 30.3. The SMILES string of the molecule is CCC(C)C(NC(=O)C(N)CO)C(=O)NC(CCC(=O)O)C(=O)NC(Cc1c[nH]c2ccccc12)C(=O)O. The maximum atomic E-state index is 13.1. The number of carbonyl (C=O) groups excluding carboxylic acids is 3. The van der Waals surface area contributed by atoms with Gasteiger partial charge in [-0.3, -0.25) is 19.2 Å². The van der Waals surface area contributed by atoms with Crippen molar-refractivity contribution in [2.24, 2.45) is 11.7 Å². The van der Waals surface area contributed by atoms with Crippen molar-refractivity contribution >= 4 is 40.6 Å². The second-order valence-electron chi connectivity index (χ2n) is 9.12. The number of aromatic amines is 1. The summed E-state index contributed by atoms with van der Waals surface area (Å²) in [5.41, 5.74) is 6.98. The molecule has 2 aromatic rings. The number of aliphatic hydroxyl groups is 1. The number of rotatable bonds is 15. The lowest BCUT2D eigenvalue weighted by Crippen LogP contribution is -2.59. The van der Waals surface area contributed by atoms with Gasteiger partial charge in [0.25, 0.3) is 0 Å². The van der Waals surface area contributed by atoms with Gasteiger partial charge >= 0.3 is 11.9 Å². The van der Waals surface area contributed by atoms with Gasteiger partial charge < -0.3 is 42.0 Å². The molecule has 1 heterocycles. The van der Waals surface area contributed by atoms with Crippen LogP contribution in [-0.2, 0) is 30.4 Å². The number of fused-ring (bicyclic) bond motifs is 1. The third-order valence-corrected chi connectivity index (χ3v) is 6.32. The summed E-state index contributed by atoms with van der Waals surface area (Å²) in [5, 5.41) is 36.1. The first-order valence-corrected chi connectivity index (χ1v) is 12.3. The zero-order valence-electron chi connectivity index (χ0n) is 21.3. The van der Waals surface area contributed by atoms with E-state index in [2.05, 4.69) is 20.9 Å². The number of carbonyl (C=O) groups is 5. The summed E-state index contributed by atoms with van der Waals surface area (Å²) >= 11 is 0. The van der Waals surface area contributed by atoms with Gasteiger partial charge in [-0.15, -0.1) is 0 Å². The van der Waals surface area contributed by atoms with E-state index >= 15 is 0 Å². The van der Waals surface area contributed by atoms with Crippen molar-refractivity contribution < 1.29 is 39.3 Å². The summed E-state index contributed by atoms with van der Waals surface area (Å²) in [6.07, 6.45) is 1.25. The summed E-state index contributed by atoms with van der Waals surface area (Å²) in [4.78, 5) is 64.6. The van der Waals surface area contributed by atoms with E-state index in [1.165, 1.54) is 0 Å². The number of amides is 3. The van der Waals surface area contributed by atoms with Gasteiger partial charge in [-0.1, -0.05) is 38.5 Å². The number of carboxylic acids is 2. The molecule has 13 heteroatoms. The van der Waals surface area contributed by atoms with Gasteiger partial charge in [-0.25, -0.2) is 4.79 Å². The van der Waals surface area contributed by atoms with Crippen molar-refractivity contribution in [3.63, 3.8) is 0 Å². The smallest absolute Gasteiger partial charge is 0.326 e. The van der Waals surface area contributed by atoms with E-state index in [1.54, 1.807) is 26.1 Å². The Morgan fingerprint density at radius 2 is 1.63 bits per heavy atom. The Hall–Kier alpha value is -3.97. The van der Waals surface area contributed by atoms with Crippen molar-refractivity contribution in [2.45, 2.75) is 63.7 Å². The van der Waals surface area contributed by atoms with Crippen LogP contribution in [0.2, 0.25) is 0 Å². The van der Waals surface area contributed by atoms with Crippen LogP contribution in [0.25, 0.3) is 10.9 Å². The molecule has 13 nitrogen and oxygen atoms in total. The van der Waals surface area contributed by atoms with E-state index in [9.17, 15) is 29.1 Å². The highest BCUT2D eigenvalue weighted by Crippen LogP contribution is 2.19. The highest BCUT2D eigenvalue weighted by Gasteiger charge is 2.32. The predicted molar refractivity (Wildman–Crippen MR) is 137 cm³/mol. The van der Waals surface area contributed by atoms with E-state index in [1.807, 2.05) is 18.2 Å². The number of hydrogen-bond acceptors (Lipinski definition) is 7. The third-order valence-electron chi connectivity index (χ3n) is 6.32. The molecule has 1 aromatic carbocycles. The second-order valence-corrected chi connectivity index (χ2v) is 9.12. The van der Waals surface area contributed by atoms with Crippen LogP contribution in [0.1, 0.15) is 38.7 Å². The fourth-order valence-corrected chi connectivity index (χ4v) is 3.84. The van der Waals surface area contributed by atoms with Crippen LogP contribution in [0.15, 0.2) is 30.5 Å². The van der Waals surface area contributed by atoms with E-state index in [4.69, 9.17) is 15.9 Å². The highest BCUT2D eigenvalue weighted by molar-refractivity contribution is 5.94. The standard InChI is InChI=1S/C25H35N5O8/c1-3-13(2)21(30-22(34)16(26)12-31)24(36)28-18(8-9-20(32)33)23(35)29-19(25(37)38)10-14-11-27-17-7-5-4-6-15(14)17/h4-7,11,13,16,18-19,21,27,31H,3,8-10,12,26H2,1-2H3,(H,28,36)(H,29,35)(H,30,34)(H,32,33)(H,37,38). The van der Waals surface area contributed by atoms with Crippen molar-refractivity contribution in [3.8, 4) is 0 Å². The molecule has 0 bridgehead atoms. The van der Waals surface area contributed by atoms with Gasteiger partial charge in [0.1, 0.15) is 24.2 Å². The molecular formula is C25H35N5O8. The minimum absolute atomic E-state index is 0.0602. The quantitative estimate of drug-likeness (QED) is 0.147. The monoisotopic (exact) mass is 533 g/mol. The Morgan fingerprint density at radius 3 is 2.24 bits per heavy atom. The largest absolute Gasteiger partial charge is 0.481 e. The van der Waals surface area contributed by atoms with Crippen LogP contribution in [0.5, 0.6) is 0 Å². The maximum Gasteiger partial charge on any atom is 0.326 e. The number of nitrogens with two attached hydrogens (primary N) is 1. The molecule has 0 aliphatic heterocycles. The molecule has 3 amide bonds. The van der Waals surface area contributed by atoms with Gasteiger partial charge in [-0.05, 0) is 24.0 Å². The van der Waals surface area contributed by atoms with Crippen LogP contribution in [0, 0.1) is 5.92 Å². The summed E-state index contributed by atoms with van der Waals surface area (Å²) in [6, 6.07) is 2.10. The number of aliphatic carboxylic acids is 2. The second kappa shape index (κ2) is 14.1. The summed E-state index contributed by atoms with van der Waals surface area (Å²) in [5.74, 6) is -5.35. The number of aliphatic hydroxyl groups excluding tert-OH is 1. The van der Waals surface area contributed by atoms with Crippen molar-refractivity contribution in [1.29, 1.82) is 0 Å².